The highest BCUT2D eigenvalue weighted by molar-refractivity contribution is 7.89. The van der Waals surface area contributed by atoms with Crippen molar-refractivity contribution >= 4 is 33.0 Å². The van der Waals surface area contributed by atoms with Crippen molar-refractivity contribution < 1.29 is 13.2 Å². The van der Waals surface area contributed by atoms with Gasteiger partial charge in [-0.05, 0) is 43.0 Å². The van der Waals surface area contributed by atoms with Crippen LogP contribution in [0.25, 0.3) is 0 Å². The SMILES string of the molecule is CCc1ccccc1S(=O)(=O)N1CCC[C@@H](c2nnc(C(=O)Nc3ccccc3)s2)C1. The van der Waals surface area contributed by atoms with Crippen molar-refractivity contribution in [3.05, 3.63) is 70.2 Å². The average Bonchev–Trinajstić information content (AvgIpc) is 3.30. The number of amides is 1. The fraction of sp³-hybridized carbons (Fsp3) is 0.318. The van der Waals surface area contributed by atoms with Crippen molar-refractivity contribution in [1.82, 2.24) is 14.5 Å². The van der Waals surface area contributed by atoms with Crippen molar-refractivity contribution in [3.63, 3.8) is 0 Å². The summed E-state index contributed by atoms with van der Waals surface area (Å²) in [6.45, 7) is 2.78. The molecule has 7 nitrogen and oxygen atoms in total. The molecule has 3 aromatic rings. The molecule has 0 saturated carbocycles. The number of para-hydroxylation sites is 1. The highest BCUT2D eigenvalue weighted by Gasteiger charge is 2.33. The van der Waals surface area contributed by atoms with E-state index in [4.69, 9.17) is 0 Å². The lowest BCUT2D eigenvalue weighted by atomic mass is 10.0. The molecule has 1 atom stereocenters. The molecule has 4 rings (SSSR count). The lowest BCUT2D eigenvalue weighted by Crippen LogP contribution is -2.39. The lowest BCUT2D eigenvalue weighted by Gasteiger charge is -2.31. The van der Waals surface area contributed by atoms with Crippen LogP contribution in [0.4, 0.5) is 5.69 Å². The monoisotopic (exact) mass is 456 g/mol. The molecule has 0 spiro atoms. The lowest BCUT2D eigenvalue weighted by molar-refractivity contribution is 0.102. The molecule has 0 radical (unpaired) electrons. The molecule has 1 aromatic heterocycles. The van der Waals surface area contributed by atoms with Gasteiger partial charge in [0.05, 0.1) is 4.90 Å². The number of benzene rings is 2. The van der Waals surface area contributed by atoms with Crippen LogP contribution in [0.3, 0.4) is 0 Å². The van der Waals surface area contributed by atoms with Crippen LogP contribution in [0, 0.1) is 0 Å². The van der Waals surface area contributed by atoms with Gasteiger partial charge in [-0.3, -0.25) is 4.79 Å². The van der Waals surface area contributed by atoms with Crippen LogP contribution in [-0.2, 0) is 16.4 Å². The summed E-state index contributed by atoms with van der Waals surface area (Å²) in [4.78, 5) is 12.9. The number of hydrogen-bond acceptors (Lipinski definition) is 6. The zero-order chi connectivity index (χ0) is 21.8. The zero-order valence-electron chi connectivity index (χ0n) is 17.2. The maximum Gasteiger partial charge on any atom is 0.286 e. The number of rotatable bonds is 6. The van der Waals surface area contributed by atoms with Gasteiger partial charge in [0.25, 0.3) is 5.91 Å². The Morgan fingerprint density at radius 2 is 1.87 bits per heavy atom. The summed E-state index contributed by atoms with van der Waals surface area (Å²) in [5.41, 5.74) is 1.51. The van der Waals surface area contributed by atoms with Gasteiger partial charge in [0.1, 0.15) is 5.01 Å². The van der Waals surface area contributed by atoms with Gasteiger partial charge in [-0.25, -0.2) is 8.42 Å². The highest BCUT2D eigenvalue weighted by Crippen LogP contribution is 2.32. The number of carbonyl (C=O) groups excluding carboxylic acids is 1. The Morgan fingerprint density at radius 3 is 2.65 bits per heavy atom. The Bertz CT molecular complexity index is 1160. The van der Waals surface area contributed by atoms with Gasteiger partial charge >= 0.3 is 0 Å². The molecule has 0 aliphatic carbocycles. The second-order valence-corrected chi connectivity index (χ2v) is 10.3. The Balaban J connectivity index is 1.50. The van der Waals surface area contributed by atoms with Crippen LogP contribution in [-0.4, -0.2) is 41.9 Å². The van der Waals surface area contributed by atoms with E-state index in [1.807, 2.05) is 37.3 Å². The quantitative estimate of drug-likeness (QED) is 0.607. The minimum atomic E-state index is -3.59. The molecule has 31 heavy (non-hydrogen) atoms. The number of nitrogens with one attached hydrogen (secondary N) is 1. The smallest absolute Gasteiger partial charge is 0.286 e. The summed E-state index contributed by atoms with van der Waals surface area (Å²) in [5.74, 6) is -0.389. The van der Waals surface area contributed by atoms with Crippen LogP contribution >= 0.6 is 11.3 Å². The molecule has 1 N–H and O–H groups in total. The molecule has 2 heterocycles. The summed E-state index contributed by atoms with van der Waals surface area (Å²) in [7, 11) is -3.59. The van der Waals surface area contributed by atoms with Gasteiger partial charge in [0.15, 0.2) is 0 Å². The van der Waals surface area contributed by atoms with E-state index < -0.39 is 10.0 Å². The van der Waals surface area contributed by atoms with Gasteiger partial charge in [0.2, 0.25) is 15.0 Å². The number of sulfonamides is 1. The largest absolute Gasteiger partial charge is 0.320 e. The summed E-state index contributed by atoms with van der Waals surface area (Å²) < 4.78 is 28.1. The Labute approximate surface area is 186 Å². The van der Waals surface area contributed by atoms with Gasteiger partial charge in [-0.15, -0.1) is 10.2 Å². The van der Waals surface area contributed by atoms with E-state index in [0.717, 1.165) is 18.4 Å². The first-order valence-electron chi connectivity index (χ1n) is 10.3. The third-order valence-corrected chi connectivity index (χ3v) is 8.42. The number of hydrogen-bond donors (Lipinski definition) is 1. The van der Waals surface area contributed by atoms with E-state index in [9.17, 15) is 13.2 Å². The molecule has 1 aliphatic rings. The van der Waals surface area contributed by atoms with Gasteiger partial charge in [-0.1, -0.05) is 54.7 Å². The third kappa shape index (κ3) is 4.68. The van der Waals surface area contributed by atoms with E-state index in [0.29, 0.717) is 35.1 Å². The minimum Gasteiger partial charge on any atom is -0.320 e. The number of carbonyl (C=O) groups is 1. The first kappa shape index (κ1) is 21.6. The maximum absolute atomic E-state index is 13.3. The van der Waals surface area contributed by atoms with E-state index in [2.05, 4.69) is 15.5 Å². The van der Waals surface area contributed by atoms with Crippen LogP contribution in [0.1, 0.15) is 46.1 Å². The van der Waals surface area contributed by atoms with E-state index >= 15 is 0 Å². The molecular weight excluding hydrogens is 432 g/mol. The molecule has 1 saturated heterocycles. The van der Waals surface area contributed by atoms with E-state index in [1.54, 1.807) is 28.6 Å². The van der Waals surface area contributed by atoms with Crippen LogP contribution in [0.15, 0.2) is 59.5 Å². The Kier molecular flexibility index (Phi) is 6.45. The average molecular weight is 457 g/mol. The standard InChI is InChI=1S/C22H24N4O3S2/c1-2-16-9-6-7-13-19(16)31(28,29)26-14-8-10-17(15-26)21-24-25-22(30-21)20(27)23-18-11-4-3-5-12-18/h3-7,9,11-13,17H,2,8,10,14-15H2,1H3,(H,23,27)/t17-/m1/s1. The fourth-order valence-corrected chi connectivity index (χ4v) is 6.43. The number of anilines is 1. The van der Waals surface area contributed by atoms with Crippen LogP contribution in [0.5, 0.6) is 0 Å². The Morgan fingerprint density at radius 1 is 1.13 bits per heavy atom. The summed E-state index contributed by atoms with van der Waals surface area (Å²) >= 11 is 1.23. The van der Waals surface area contributed by atoms with Crippen molar-refractivity contribution in [2.75, 3.05) is 18.4 Å². The number of nitrogens with zero attached hydrogens (tertiary/aromatic N) is 3. The first-order chi connectivity index (χ1) is 15.0. The molecule has 1 fully saturated rings. The fourth-order valence-electron chi connectivity index (χ4n) is 3.75. The molecular formula is C22H24N4O3S2. The zero-order valence-corrected chi connectivity index (χ0v) is 18.8. The molecule has 9 heteroatoms. The molecule has 1 amide bonds. The highest BCUT2D eigenvalue weighted by atomic mass is 32.2. The van der Waals surface area contributed by atoms with Crippen molar-refractivity contribution in [1.29, 1.82) is 0 Å². The summed E-state index contributed by atoms with van der Waals surface area (Å²) in [6.07, 6.45) is 2.21. The summed E-state index contributed by atoms with van der Waals surface area (Å²) in [6, 6.07) is 16.3. The van der Waals surface area contributed by atoms with Crippen LogP contribution < -0.4 is 5.32 Å². The third-order valence-electron chi connectivity index (χ3n) is 5.37. The second-order valence-electron chi connectivity index (χ2n) is 7.43. The topological polar surface area (TPSA) is 92.3 Å². The van der Waals surface area contributed by atoms with Crippen LogP contribution in [0.2, 0.25) is 0 Å². The predicted octanol–water partition coefficient (Wildman–Crippen LogP) is 3.92. The normalized spacial score (nSPS) is 17.4. The molecule has 2 aromatic carbocycles. The molecule has 162 valence electrons. The molecule has 0 bridgehead atoms. The minimum absolute atomic E-state index is 0.0758. The Hall–Kier alpha value is -2.62. The summed E-state index contributed by atoms with van der Waals surface area (Å²) in [5, 5.41) is 12.0. The van der Waals surface area contributed by atoms with Gasteiger partial charge in [-0.2, -0.15) is 4.31 Å². The number of piperidine rings is 1. The molecule has 1 aliphatic heterocycles. The van der Waals surface area contributed by atoms with Gasteiger partial charge in [0, 0.05) is 24.7 Å². The second kappa shape index (κ2) is 9.25. The van der Waals surface area contributed by atoms with Crippen molar-refractivity contribution in [2.45, 2.75) is 37.0 Å². The van der Waals surface area contributed by atoms with E-state index in [-0.39, 0.29) is 16.8 Å². The van der Waals surface area contributed by atoms with E-state index in [1.165, 1.54) is 11.3 Å². The first-order valence-corrected chi connectivity index (χ1v) is 12.5. The number of aryl methyl sites for hydroxylation is 1. The molecule has 0 unspecified atom stereocenters. The van der Waals surface area contributed by atoms with Crippen molar-refractivity contribution in [2.24, 2.45) is 0 Å². The maximum atomic E-state index is 13.3. The van der Waals surface area contributed by atoms with Gasteiger partial charge < -0.3 is 5.32 Å². The number of aromatic nitrogens is 2. The van der Waals surface area contributed by atoms with Crippen molar-refractivity contribution in [3.8, 4) is 0 Å². The predicted molar refractivity (Wildman–Crippen MR) is 121 cm³/mol.